The number of benzene rings is 2. The fraction of sp³-hybridized carbons (Fsp3) is 0.484. The smallest absolute Gasteiger partial charge is 0.407 e. The number of nitrogens with one attached hydrogen (secondary N) is 1. The number of amides is 1. The lowest BCUT2D eigenvalue weighted by Gasteiger charge is -2.39. The van der Waals surface area contributed by atoms with Crippen LogP contribution in [0.25, 0.3) is 11.1 Å². The Labute approximate surface area is 220 Å². The fourth-order valence-corrected chi connectivity index (χ4v) is 5.92. The predicted molar refractivity (Wildman–Crippen MR) is 144 cm³/mol. The van der Waals surface area contributed by atoms with Gasteiger partial charge in [0.1, 0.15) is 0 Å². The van der Waals surface area contributed by atoms with E-state index in [1.165, 1.54) is 16.7 Å². The number of unbranched alkanes of at least 4 members (excludes halogenated alkanes) is 2. The molecule has 37 heavy (non-hydrogen) atoms. The molecule has 1 saturated heterocycles. The van der Waals surface area contributed by atoms with Crippen LogP contribution in [0.2, 0.25) is 0 Å². The maximum atomic E-state index is 12.3. The van der Waals surface area contributed by atoms with Crippen LogP contribution in [-0.2, 0) is 19.7 Å². The van der Waals surface area contributed by atoms with Gasteiger partial charge >= 0.3 is 12.1 Å². The van der Waals surface area contributed by atoms with Gasteiger partial charge in [0.05, 0.1) is 19.3 Å². The summed E-state index contributed by atoms with van der Waals surface area (Å²) in [7, 11) is 0. The number of hydrogen-bond donors (Lipinski definition) is 2. The summed E-state index contributed by atoms with van der Waals surface area (Å²) >= 11 is 0. The lowest BCUT2D eigenvalue weighted by molar-refractivity contribution is -0.137. The van der Waals surface area contributed by atoms with E-state index >= 15 is 0 Å². The molecular weight excluding hydrogens is 466 g/mol. The van der Waals surface area contributed by atoms with Crippen molar-refractivity contribution in [1.29, 1.82) is 0 Å². The molecule has 1 aliphatic heterocycles. The second-order valence-corrected chi connectivity index (χ2v) is 10.3. The zero-order valence-electron chi connectivity index (χ0n) is 21.7. The van der Waals surface area contributed by atoms with Gasteiger partial charge in [-0.1, -0.05) is 80.1 Å². The van der Waals surface area contributed by atoms with Gasteiger partial charge in [0.15, 0.2) is 0 Å². The molecule has 0 unspecified atom stereocenters. The van der Waals surface area contributed by atoms with Crippen molar-refractivity contribution in [3.63, 3.8) is 0 Å². The maximum absolute atomic E-state index is 12.3. The molecule has 1 amide bonds. The quantitative estimate of drug-likeness (QED) is 0.245. The molecule has 2 fully saturated rings. The summed E-state index contributed by atoms with van der Waals surface area (Å²) in [6, 6.07) is 19.2. The summed E-state index contributed by atoms with van der Waals surface area (Å²) in [4.78, 5) is 23.1. The molecule has 1 heterocycles. The molecular formula is C31H39NO5. The highest BCUT2D eigenvalue weighted by Crippen LogP contribution is 2.56. The largest absolute Gasteiger partial charge is 0.481 e. The highest BCUT2D eigenvalue weighted by atomic mass is 16.6. The number of ether oxygens (including phenoxy) is 2. The number of rotatable bonds is 13. The third kappa shape index (κ3) is 6.61. The lowest BCUT2D eigenvalue weighted by Crippen LogP contribution is -2.42. The lowest BCUT2D eigenvalue weighted by atomic mass is 9.69. The number of carbonyl (C=O) groups is 2. The minimum atomic E-state index is -0.758. The van der Waals surface area contributed by atoms with Crippen molar-refractivity contribution in [1.82, 2.24) is 5.32 Å². The van der Waals surface area contributed by atoms with E-state index in [9.17, 15) is 9.59 Å². The normalized spacial score (nSPS) is 24.4. The van der Waals surface area contributed by atoms with Gasteiger partial charge in [-0.3, -0.25) is 4.79 Å². The SMILES string of the molecule is CCCCNC(=O)OC[C@@H]1[C@@H]2C[C@@](c3ccc(-c4ccccc4)cc3)(CO2)[C@H]1CC=CCCCC(=O)O. The number of carbonyl (C=O) groups excluding carboxylic acids is 1. The van der Waals surface area contributed by atoms with Gasteiger partial charge in [0.2, 0.25) is 0 Å². The van der Waals surface area contributed by atoms with Crippen LogP contribution in [0, 0.1) is 11.8 Å². The third-order valence-electron chi connectivity index (χ3n) is 7.92. The Bertz CT molecular complexity index is 1050. The molecule has 6 nitrogen and oxygen atoms in total. The molecule has 198 valence electrons. The Morgan fingerprint density at radius 3 is 2.57 bits per heavy atom. The topological polar surface area (TPSA) is 84.9 Å². The number of allylic oxidation sites excluding steroid dienone is 2. The molecule has 2 aromatic carbocycles. The molecule has 4 rings (SSSR count). The van der Waals surface area contributed by atoms with Crippen LogP contribution in [0.4, 0.5) is 4.79 Å². The number of carboxylic acid groups (broad SMARTS) is 1. The van der Waals surface area contributed by atoms with Crippen molar-refractivity contribution in [2.75, 3.05) is 19.8 Å². The molecule has 1 aliphatic carbocycles. The van der Waals surface area contributed by atoms with Crippen molar-refractivity contribution in [3.05, 3.63) is 72.3 Å². The minimum Gasteiger partial charge on any atom is -0.481 e. The fourth-order valence-electron chi connectivity index (χ4n) is 5.92. The Hall–Kier alpha value is -3.12. The number of carboxylic acids is 1. The number of fused-ring (bicyclic) bond motifs is 2. The Morgan fingerprint density at radius 1 is 1.08 bits per heavy atom. The third-order valence-corrected chi connectivity index (χ3v) is 7.92. The van der Waals surface area contributed by atoms with E-state index in [-0.39, 0.29) is 35.9 Å². The van der Waals surface area contributed by atoms with Gasteiger partial charge in [0, 0.05) is 24.3 Å². The summed E-state index contributed by atoms with van der Waals surface area (Å²) < 4.78 is 11.9. The second kappa shape index (κ2) is 12.9. The first kappa shape index (κ1) is 26.9. The molecule has 2 bridgehead atoms. The standard InChI is InChI=1S/C31H39NO5/c1-2-3-19-32-30(35)36-21-26-27(13-9-4-5-10-14-29(33)34)31(20-28(26)37-22-31)25-17-15-24(16-18-25)23-11-7-6-8-12-23/h4,6-9,11-12,15-18,26-28H,2-3,5,10,13-14,19-22H2,1H3,(H,32,35)(H,33,34)/t26-,27-,28-,31-/m0/s1. The van der Waals surface area contributed by atoms with Gasteiger partial charge in [-0.2, -0.15) is 0 Å². The van der Waals surface area contributed by atoms with Gasteiger partial charge < -0.3 is 19.9 Å². The first-order chi connectivity index (χ1) is 18.0. The van der Waals surface area contributed by atoms with Gasteiger partial charge in [0.25, 0.3) is 0 Å². The summed E-state index contributed by atoms with van der Waals surface area (Å²) in [6.07, 6.45) is 9.26. The molecule has 1 saturated carbocycles. The molecule has 2 aromatic rings. The average molecular weight is 506 g/mol. The second-order valence-electron chi connectivity index (χ2n) is 10.3. The van der Waals surface area contributed by atoms with Crippen LogP contribution in [0.15, 0.2) is 66.7 Å². The molecule has 4 atom stereocenters. The van der Waals surface area contributed by atoms with Gasteiger partial charge in [-0.15, -0.1) is 0 Å². The highest BCUT2D eigenvalue weighted by molar-refractivity contribution is 5.67. The zero-order chi connectivity index (χ0) is 26.1. The van der Waals surface area contributed by atoms with E-state index in [0.29, 0.717) is 26.2 Å². The number of alkyl carbamates (subject to hydrolysis) is 1. The van der Waals surface area contributed by atoms with Crippen molar-refractivity contribution in [2.24, 2.45) is 11.8 Å². The van der Waals surface area contributed by atoms with Crippen molar-refractivity contribution >= 4 is 12.1 Å². The molecule has 0 radical (unpaired) electrons. The monoisotopic (exact) mass is 505 g/mol. The van der Waals surface area contributed by atoms with Gasteiger partial charge in [-0.05, 0) is 54.7 Å². The molecule has 2 N–H and O–H groups in total. The van der Waals surface area contributed by atoms with E-state index < -0.39 is 5.97 Å². The van der Waals surface area contributed by atoms with Crippen molar-refractivity contribution < 1.29 is 24.2 Å². The van der Waals surface area contributed by atoms with Crippen LogP contribution < -0.4 is 5.32 Å². The number of aliphatic carboxylic acids is 1. The maximum Gasteiger partial charge on any atom is 0.407 e. The van der Waals surface area contributed by atoms with Gasteiger partial charge in [-0.25, -0.2) is 4.79 Å². The summed E-state index contributed by atoms with van der Waals surface area (Å²) in [5, 5.41) is 11.7. The average Bonchev–Trinajstić information content (AvgIpc) is 3.48. The van der Waals surface area contributed by atoms with Crippen molar-refractivity contribution in [3.8, 4) is 11.1 Å². The Kier molecular flexibility index (Phi) is 9.40. The van der Waals surface area contributed by atoms with E-state index in [2.05, 4.69) is 72.9 Å². The van der Waals surface area contributed by atoms with Crippen LogP contribution in [-0.4, -0.2) is 43.0 Å². The summed E-state index contributed by atoms with van der Waals surface area (Å²) in [5.74, 6) is -0.373. The Balaban J connectivity index is 1.49. The molecule has 6 heteroatoms. The Morgan fingerprint density at radius 2 is 1.84 bits per heavy atom. The van der Waals surface area contributed by atoms with Crippen LogP contribution in [0.3, 0.4) is 0 Å². The predicted octanol–water partition coefficient (Wildman–Crippen LogP) is 6.35. The van der Waals surface area contributed by atoms with Crippen molar-refractivity contribution in [2.45, 2.75) is 63.4 Å². The summed E-state index contributed by atoms with van der Waals surface area (Å²) in [6.45, 7) is 3.72. The molecule has 0 aromatic heterocycles. The van der Waals surface area contributed by atoms with E-state index in [0.717, 1.165) is 32.1 Å². The zero-order valence-corrected chi connectivity index (χ0v) is 21.7. The first-order valence-corrected chi connectivity index (χ1v) is 13.6. The van der Waals surface area contributed by atoms with Crippen LogP contribution >= 0.6 is 0 Å². The van der Waals surface area contributed by atoms with Crippen LogP contribution in [0.5, 0.6) is 0 Å². The highest BCUT2D eigenvalue weighted by Gasteiger charge is 2.59. The molecule has 2 aliphatic rings. The first-order valence-electron chi connectivity index (χ1n) is 13.6. The minimum absolute atomic E-state index is 0.0580. The van der Waals surface area contributed by atoms with E-state index in [1.54, 1.807) is 0 Å². The number of hydrogen-bond acceptors (Lipinski definition) is 4. The van der Waals surface area contributed by atoms with E-state index in [4.69, 9.17) is 14.6 Å². The molecule has 0 spiro atoms. The van der Waals surface area contributed by atoms with Crippen LogP contribution in [0.1, 0.15) is 57.4 Å². The van der Waals surface area contributed by atoms with E-state index in [1.807, 2.05) is 6.07 Å². The summed E-state index contributed by atoms with van der Waals surface area (Å²) in [5.41, 5.74) is 3.53.